The number of benzene rings is 4. The monoisotopic (exact) mass is 529 g/mol. The summed E-state index contributed by atoms with van der Waals surface area (Å²) in [6.45, 7) is 6.07. The third-order valence-corrected chi connectivity index (χ3v) is 8.43. The molecule has 0 fully saturated rings. The van der Waals surface area contributed by atoms with E-state index >= 15 is 0 Å². The summed E-state index contributed by atoms with van der Waals surface area (Å²) in [5, 5.41) is 13.0. The second-order valence-electron chi connectivity index (χ2n) is 7.96. The molecular weight excluding hydrogens is 504 g/mol. The smallest absolute Gasteiger partial charge is 0.141 e. The summed E-state index contributed by atoms with van der Waals surface area (Å²) in [6, 6.07) is 35.3. The highest BCUT2D eigenvalue weighted by molar-refractivity contribution is 8.93. The number of aryl methyl sites for hydroxylation is 1. The lowest BCUT2D eigenvalue weighted by molar-refractivity contribution is 0.621. The van der Waals surface area contributed by atoms with Crippen molar-refractivity contribution in [3.05, 3.63) is 132 Å². The molecule has 0 aromatic heterocycles. The molecule has 4 aromatic rings. The van der Waals surface area contributed by atoms with Crippen molar-refractivity contribution in [2.45, 2.75) is 19.8 Å². The van der Waals surface area contributed by atoms with Crippen LogP contribution in [0.2, 0.25) is 0 Å². The van der Waals surface area contributed by atoms with Gasteiger partial charge in [0.05, 0.1) is 5.56 Å². The maximum absolute atomic E-state index is 13.1. The fourth-order valence-corrected chi connectivity index (χ4v) is 6.59. The van der Waals surface area contributed by atoms with Gasteiger partial charge in [-0.3, -0.25) is 0 Å². The van der Waals surface area contributed by atoms with Gasteiger partial charge in [-0.15, -0.1) is 17.0 Å². The number of nitrogens with zero attached hydrogens (tertiary/aromatic N) is 1. The average molecular weight is 530 g/mol. The number of halogens is 2. The van der Waals surface area contributed by atoms with Crippen LogP contribution >= 0.6 is 24.9 Å². The Morgan fingerprint density at radius 1 is 0.794 bits per heavy atom. The Morgan fingerprint density at radius 3 is 1.91 bits per heavy atom. The second kappa shape index (κ2) is 11.9. The topological polar surface area (TPSA) is 23.8 Å². The molecule has 0 saturated heterocycles. The Kier molecular flexibility index (Phi) is 8.94. The van der Waals surface area contributed by atoms with Gasteiger partial charge in [0.25, 0.3) is 0 Å². The van der Waals surface area contributed by atoms with Crippen LogP contribution in [0.3, 0.4) is 0 Å². The average Bonchev–Trinajstić information content (AvgIpc) is 3.23. The van der Waals surface area contributed by atoms with Crippen molar-refractivity contribution in [1.29, 1.82) is 5.26 Å². The first-order chi connectivity index (χ1) is 16.1. The lowest BCUT2D eigenvalue weighted by Crippen LogP contribution is -2.22. The summed E-state index contributed by atoms with van der Waals surface area (Å²) >= 11 is 0. The van der Waals surface area contributed by atoms with Gasteiger partial charge in [-0.25, -0.2) is 4.39 Å². The lowest BCUT2D eigenvalue weighted by Gasteiger charge is -2.21. The van der Waals surface area contributed by atoms with Crippen molar-refractivity contribution < 1.29 is 4.39 Å². The molecule has 1 aliphatic rings. The molecule has 0 aliphatic heterocycles. The standard InChI is InChI=1S/C19H17P.C11H8FN.BrH/c1-16-10-8-9-15-19(16)20(17-11-4-2-5-12-17)18-13-6-3-7-14-18;1-7-2-3-9-8(7)4-5-11(12)10(9)6-13;/h2-15H,1H3;4-5H,1-3H2;1H. The number of rotatable bonds is 3. The summed E-state index contributed by atoms with van der Waals surface area (Å²) in [4.78, 5) is 0. The van der Waals surface area contributed by atoms with Crippen LogP contribution in [0, 0.1) is 24.1 Å². The predicted molar refractivity (Wildman–Crippen MR) is 149 cm³/mol. The largest absolute Gasteiger partial charge is 0.206 e. The number of hydrogen-bond donors (Lipinski definition) is 0. The van der Waals surface area contributed by atoms with Crippen LogP contribution in [-0.4, -0.2) is 0 Å². The molecule has 4 heteroatoms. The summed E-state index contributed by atoms with van der Waals surface area (Å²) in [5.41, 5.74) is 4.35. The fraction of sp³-hybridized carbons (Fsp3) is 0.100. The number of hydrogen-bond acceptors (Lipinski definition) is 1. The molecule has 34 heavy (non-hydrogen) atoms. The van der Waals surface area contributed by atoms with Crippen molar-refractivity contribution >= 4 is 46.4 Å². The Balaban J connectivity index is 0.000000201. The second-order valence-corrected chi connectivity index (χ2v) is 10.1. The normalized spacial score (nSPS) is 11.6. The highest BCUT2D eigenvalue weighted by Crippen LogP contribution is 2.34. The molecule has 0 radical (unpaired) electrons. The highest BCUT2D eigenvalue weighted by atomic mass is 79.9. The molecule has 0 heterocycles. The van der Waals surface area contributed by atoms with Gasteiger partial charge >= 0.3 is 0 Å². The van der Waals surface area contributed by atoms with Gasteiger partial charge < -0.3 is 0 Å². The van der Waals surface area contributed by atoms with E-state index in [1.807, 2.05) is 6.07 Å². The zero-order valence-corrected chi connectivity index (χ0v) is 21.6. The molecule has 0 saturated carbocycles. The van der Waals surface area contributed by atoms with Crippen LogP contribution in [-0.2, 0) is 6.42 Å². The fourth-order valence-electron chi connectivity index (χ4n) is 4.14. The number of fused-ring (bicyclic) bond motifs is 1. The van der Waals surface area contributed by atoms with E-state index in [1.165, 1.54) is 27.5 Å². The minimum atomic E-state index is -0.467. The van der Waals surface area contributed by atoms with Gasteiger partial charge in [0, 0.05) is 0 Å². The summed E-state index contributed by atoms with van der Waals surface area (Å²) < 4.78 is 13.1. The van der Waals surface area contributed by atoms with E-state index in [0.717, 1.165) is 29.5 Å². The van der Waals surface area contributed by atoms with Gasteiger partial charge in [-0.2, -0.15) is 5.26 Å². The molecular formula is C30H26BrFNP. The van der Waals surface area contributed by atoms with Crippen LogP contribution in [0.5, 0.6) is 0 Å². The van der Waals surface area contributed by atoms with Crippen LogP contribution in [0.1, 0.15) is 28.7 Å². The molecule has 0 spiro atoms. The first-order valence-electron chi connectivity index (χ1n) is 11.0. The molecule has 0 bridgehead atoms. The van der Waals surface area contributed by atoms with Crippen molar-refractivity contribution in [2.75, 3.05) is 0 Å². The quantitative estimate of drug-likeness (QED) is 0.262. The third kappa shape index (κ3) is 5.53. The van der Waals surface area contributed by atoms with Crippen molar-refractivity contribution in [3.8, 4) is 6.07 Å². The van der Waals surface area contributed by atoms with Gasteiger partial charge in [0.15, 0.2) is 0 Å². The molecule has 0 unspecified atom stereocenters. The Hall–Kier alpha value is -3.05. The van der Waals surface area contributed by atoms with E-state index in [0.29, 0.717) is 0 Å². The number of nitriles is 1. The molecule has 0 atom stereocenters. The minimum absolute atomic E-state index is 0. The summed E-state index contributed by atoms with van der Waals surface area (Å²) in [7, 11) is -0.467. The van der Waals surface area contributed by atoms with Gasteiger partial charge in [0.2, 0.25) is 0 Å². The van der Waals surface area contributed by atoms with Crippen LogP contribution in [0.15, 0.2) is 104 Å². The van der Waals surface area contributed by atoms with E-state index in [9.17, 15) is 4.39 Å². The summed E-state index contributed by atoms with van der Waals surface area (Å²) in [5.74, 6) is -0.420. The van der Waals surface area contributed by atoms with Gasteiger partial charge in [0.1, 0.15) is 11.9 Å². The molecule has 0 N–H and O–H groups in total. The zero-order valence-electron chi connectivity index (χ0n) is 19.0. The maximum atomic E-state index is 13.1. The van der Waals surface area contributed by atoms with Crippen molar-refractivity contribution in [3.63, 3.8) is 0 Å². The van der Waals surface area contributed by atoms with E-state index in [-0.39, 0.29) is 22.5 Å². The Labute approximate surface area is 213 Å². The first-order valence-corrected chi connectivity index (χ1v) is 12.3. The van der Waals surface area contributed by atoms with Gasteiger partial charge in [-0.05, 0) is 71.9 Å². The molecule has 1 aliphatic carbocycles. The Morgan fingerprint density at radius 2 is 1.35 bits per heavy atom. The minimum Gasteiger partial charge on any atom is -0.206 e. The van der Waals surface area contributed by atoms with Crippen LogP contribution in [0.4, 0.5) is 4.39 Å². The van der Waals surface area contributed by atoms with Crippen molar-refractivity contribution in [1.82, 2.24) is 0 Å². The Bertz CT molecular complexity index is 1270. The van der Waals surface area contributed by atoms with Crippen LogP contribution in [0.25, 0.3) is 5.57 Å². The molecule has 4 aromatic carbocycles. The number of allylic oxidation sites excluding steroid dienone is 1. The SMILES string of the molecule is Br.C=C1CCc2c1ccc(F)c2C#N.Cc1ccccc1P(c1ccccc1)c1ccccc1. The maximum Gasteiger partial charge on any atom is 0.141 e. The van der Waals surface area contributed by atoms with E-state index in [2.05, 4.69) is 98.4 Å². The van der Waals surface area contributed by atoms with Gasteiger partial charge in [-0.1, -0.05) is 97.6 Å². The lowest BCUT2D eigenvalue weighted by atomic mass is 10.0. The third-order valence-electron chi connectivity index (χ3n) is 5.82. The van der Waals surface area contributed by atoms with E-state index in [1.54, 1.807) is 6.07 Å². The molecule has 0 amide bonds. The van der Waals surface area contributed by atoms with Crippen LogP contribution < -0.4 is 15.9 Å². The van der Waals surface area contributed by atoms with Crippen molar-refractivity contribution in [2.24, 2.45) is 0 Å². The zero-order chi connectivity index (χ0) is 23.2. The molecule has 5 rings (SSSR count). The highest BCUT2D eigenvalue weighted by Gasteiger charge is 2.20. The molecule has 1 nitrogen and oxygen atoms in total. The first kappa shape index (κ1) is 25.6. The summed E-state index contributed by atoms with van der Waals surface area (Å²) in [6.07, 6.45) is 1.59. The predicted octanol–water partition coefficient (Wildman–Crippen LogP) is 6.99. The van der Waals surface area contributed by atoms with E-state index in [4.69, 9.17) is 5.26 Å². The van der Waals surface area contributed by atoms with E-state index < -0.39 is 13.7 Å². The molecule has 170 valence electrons.